The molecular weight excluding hydrogens is 381 g/mol. The van der Waals surface area contributed by atoms with Gasteiger partial charge in [-0.1, -0.05) is 48.5 Å². The molecule has 30 heavy (non-hydrogen) atoms. The molecule has 8 heteroatoms. The third-order valence-electron chi connectivity index (χ3n) is 5.48. The van der Waals surface area contributed by atoms with Crippen molar-refractivity contribution in [3.8, 4) is 0 Å². The Morgan fingerprint density at radius 3 is 2.57 bits per heavy atom. The Kier molecular flexibility index (Phi) is 5.78. The van der Waals surface area contributed by atoms with E-state index in [1.807, 2.05) is 30.3 Å². The van der Waals surface area contributed by atoms with E-state index >= 15 is 0 Å². The molecular formula is C22H22BN3O4. The first-order valence-corrected chi connectivity index (χ1v) is 9.92. The molecule has 3 aromatic rings. The fraction of sp³-hybridized carbons (Fsp3) is 0.227. The van der Waals surface area contributed by atoms with Crippen molar-refractivity contribution in [3.05, 3.63) is 78.0 Å². The van der Waals surface area contributed by atoms with Crippen LogP contribution in [0.4, 0.5) is 0 Å². The summed E-state index contributed by atoms with van der Waals surface area (Å²) >= 11 is 0. The second kappa shape index (κ2) is 8.65. The summed E-state index contributed by atoms with van der Waals surface area (Å²) in [6, 6.07) is 17.0. The van der Waals surface area contributed by atoms with Gasteiger partial charge >= 0.3 is 7.12 Å². The van der Waals surface area contributed by atoms with Crippen LogP contribution in [0.2, 0.25) is 0 Å². The second-order valence-corrected chi connectivity index (χ2v) is 7.35. The molecule has 0 spiro atoms. The molecule has 1 saturated heterocycles. The second-order valence-electron chi connectivity index (χ2n) is 7.35. The first-order chi connectivity index (χ1) is 14.6. The van der Waals surface area contributed by atoms with Crippen LogP contribution in [0.25, 0.3) is 10.9 Å². The minimum Gasteiger partial charge on any atom is -0.426 e. The quantitative estimate of drug-likeness (QED) is 0.563. The minimum atomic E-state index is -1.62. The highest BCUT2D eigenvalue weighted by Gasteiger charge is 2.40. The molecule has 2 heterocycles. The highest BCUT2D eigenvalue weighted by molar-refractivity contribution is 6.43. The Morgan fingerprint density at radius 2 is 1.80 bits per heavy atom. The molecule has 3 N–H and O–H groups in total. The molecule has 1 aliphatic rings. The predicted molar refractivity (Wildman–Crippen MR) is 113 cm³/mol. The van der Waals surface area contributed by atoms with E-state index in [2.05, 4.69) is 10.3 Å². The Bertz CT molecular complexity index is 1060. The van der Waals surface area contributed by atoms with Crippen molar-refractivity contribution in [1.82, 2.24) is 15.2 Å². The normalized spacial score (nSPS) is 17.0. The summed E-state index contributed by atoms with van der Waals surface area (Å²) in [4.78, 5) is 32.3. The molecule has 2 atom stereocenters. The van der Waals surface area contributed by atoms with Gasteiger partial charge in [0, 0.05) is 18.1 Å². The number of carbonyl (C=O) groups excluding carboxylic acids is 2. The lowest BCUT2D eigenvalue weighted by Gasteiger charge is -2.29. The van der Waals surface area contributed by atoms with E-state index in [0.717, 1.165) is 0 Å². The summed E-state index contributed by atoms with van der Waals surface area (Å²) < 4.78 is 0. The lowest BCUT2D eigenvalue weighted by atomic mass is 9.77. The molecule has 2 amide bonds. The van der Waals surface area contributed by atoms with Crippen LogP contribution < -0.4 is 5.32 Å². The van der Waals surface area contributed by atoms with Crippen molar-refractivity contribution in [2.45, 2.75) is 24.8 Å². The van der Waals surface area contributed by atoms with E-state index in [9.17, 15) is 19.6 Å². The summed E-state index contributed by atoms with van der Waals surface area (Å²) in [5.41, 5.74) is 1.75. The topological polar surface area (TPSA) is 103 Å². The van der Waals surface area contributed by atoms with Gasteiger partial charge in [-0.05, 0) is 30.5 Å². The smallest absolute Gasteiger partial charge is 0.426 e. The van der Waals surface area contributed by atoms with Crippen molar-refractivity contribution >= 4 is 29.8 Å². The van der Waals surface area contributed by atoms with Gasteiger partial charge in [0.25, 0.3) is 5.91 Å². The van der Waals surface area contributed by atoms with Gasteiger partial charge < -0.3 is 20.3 Å². The van der Waals surface area contributed by atoms with Crippen LogP contribution in [-0.2, 0) is 4.79 Å². The number of hydrogen-bond acceptors (Lipinski definition) is 5. The first-order valence-electron chi connectivity index (χ1n) is 9.92. The Hall–Kier alpha value is -3.23. The average molecular weight is 403 g/mol. The number of amides is 2. The van der Waals surface area contributed by atoms with Crippen molar-refractivity contribution in [2.75, 3.05) is 6.54 Å². The summed E-state index contributed by atoms with van der Waals surface area (Å²) in [5.74, 6) is -1.43. The van der Waals surface area contributed by atoms with E-state index in [4.69, 9.17) is 0 Å². The van der Waals surface area contributed by atoms with Gasteiger partial charge in [0.05, 0.1) is 17.0 Å². The van der Waals surface area contributed by atoms with Crippen LogP contribution in [0.1, 0.15) is 34.8 Å². The minimum absolute atomic E-state index is 0.358. The number of likely N-dealkylation sites (tertiary alicyclic amines) is 1. The lowest BCUT2D eigenvalue weighted by molar-refractivity contribution is -0.133. The van der Waals surface area contributed by atoms with Crippen LogP contribution in [-0.4, -0.2) is 51.4 Å². The van der Waals surface area contributed by atoms with Crippen molar-refractivity contribution in [2.24, 2.45) is 0 Å². The maximum absolute atomic E-state index is 13.4. The standard InChI is InChI=1S/C22H22BN3O4/c27-21(17-12-13-24-18-10-5-4-9-16(17)18)25-20(15-7-2-1-3-8-15)22(28)26-14-6-11-19(26)23(29)30/h1-5,7-10,12-13,19-20,29-30H,6,11,14H2,(H,25,27)/t19-,20+/m0/s1. The summed E-state index contributed by atoms with van der Waals surface area (Å²) in [7, 11) is -1.62. The number of fused-ring (bicyclic) bond motifs is 1. The number of hydrogen-bond donors (Lipinski definition) is 3. The van der Waals surface area contributed by atoms with Gasteiger partial charge in [-0.3, -0.25) is 14.6 Å². The van der Waals surface area contributed by atoms with Crippen molar-refractivity contribution in [1.29, 1.82) is 0 Å². The third kappa shape index (κ3) is 3.92. The predicted octanol–water partition coefficient (Wildman–Crippen LogP) is 1.71. The molecule has 7 nitrogen and oxygen atoms in total. The maximum atomic E-state index is 13.4. The summed E-state index contributed by atoms with van der Waals surface area (Å²) in [6.45, 7) is 0.415. The Balaban J connectivity index is 1.67. The SMILES string of the molecule is O=C(N[C@@H](C(=O)N1CCC[C@H]1B(O)O)c1ccccc1)c1ccnc2ccccc12. The van der Waals surface area contributed by atoms with Gasteiger partial charge in [-0.15, -0.1) is 0 Å². The van der Waals surface area contributed by atoms with Gasteiger partial charge in [0.1, 0.15) is 6.04 Å². The van der Waals surface area contributed by atoms with Gasteiger partial charge in [-0.25, -0.2) is 0 Å². The fourth-order valence-electron chi connectivity index (χ4n) is 3.98. The van der Waals surface area contributed by atoms with Crippen LogP contribution in [0.3, 0.4) is 0 Å². The third-order valence-corrected chi connectivity index (χ3v) is 5.48. The Morgan fingerprint density at radius 1 is 1.07 bits per heavy atom. The molecule has 2 aromatic carbocycles. The highest BCUT2D eigenvalue weighted by Crippen LogP contribution is 2.25. The monoisotopic (exact) mass is 403 g/mol. The molecule has 1 fully saturated rings. The van der Waals surface area contributed by atoms with Crippen molar-refractivity contribution < 1.29 is 19.6 Å². The fourth-order valence-corrected chi connectivity index (χ4v) is 3.98. The van der Waals surface area contributed by atoms with Gasteiger partial charge in [0.2, 0.25) is 5.91 Å². The molecule has 0 bridgehead atoms. The van der Waals surface area contributed by atoms with Crippen molar-refractivity contribution in [3.63, 3.8) is 0 Å². The number of rotatable bonds is 5. The largest absolute Gasteiger partial charge is 0.475 e. The van der Waals surface area contributed by atoms with E-state index < -0.39 is 25.0 Å². The van der Waals surface area contributed by atoms with E-state index in [-0.39, 0.29) is 5.91 Å². The van der Waals surface area contributed by atoms with E-state index in [0.29, 0.717) is 41.4 Å². The van der Waals surface area contributed by atoms with Gasteiger partial charge in [0.15, 0.2) is 0 Å². The maximum Gasteiger partial charge on any atom is 0.475 e. The number of aromatic nitrogens is 1. The van der Waals surface area contributed by atoms with E-state index in [1.54, 1.807) is 36.5 Å². The van der Waals surface area contributed by atoms with Crippen LogP contribution in [0, 0.1) is 0 Å². The number of nitrogens with one attached hydrogen (secondary N) is 1. The number of para-hydroxylation sites is 1. The highest BCUT2D eigenvalue weighted by atomic mass is 16.4. The Labute approximate surface area is 174 Å². The van der Waals surface area contributed by atoms with Crippen LogP contribution in [0.5, 0.6) is 0 Å². The molecule has 152 valence electrons. The van der Waals surface area contributed by atoms with Gasteiger partial charge in [-0.2, -0.15) is 0 Å². The molecule has 0 unspecified atom stereocenters. The molecule has 4 rings (SSSR count). The first kappa shape index (κ1) is 20.1. The number of nitrogens with zero attached hydrogens (tertiary/aromatic N) is 2. The summed E-state index contributed by atoms with van der Waals surface area (Å²) in [5, 5.41) is 22.9. The van der Waals surface area contributed by atoms with Crippen LogP contribution in [0.15, 0.2) is 66.9 Å². The molecule has 0 aliphatic carbocycles. The zero-order valence-corrected chi connectivity index (χ0v) is 16.3. The number of carbonyl (C=O) groups is 2. The van der Waals surface area contributed by atoms with Crippen LogP contribution >= 0.6 is 0 Å². The molecule has 1 aromatic heterocycles. The zero-order chi connectivity index (χ0) is 21.1. The summed E-state index contributed by atoms with van der Waals surface area (Å²) in [6.07, 6.45) is 2.75. The zero-order valence-electron chi connectivity index (χ0n) is 16.3. The average Bonchev–Trinajstić information content (AvgIpc) is 3.27. The molecule has 0 radical (unpaired) electrons. The number of benzene rings is 2. The lowest BCUT2D eigenvalue weighted by Crippen LogP contribution is -2.50. The van der Waals surface area contributed by atoms with E-state index in [1.165, 1.54) is 4.90 Å². The molecule has 0 saturated carbocycles. The molecule has 1 aliphatic heterocycles. The number of pyridine rings is 1.